The Morgan fingerprint density at radius 1 is 1.24 bits per heavy atom. The van der Waals surface area contributed by atoms with Crippen molar-refractivity contribution in [3.05, 3.63) is 35.9 Å². The van der Waals surface area contributed by atoms with Gasteiger partial charge in [0.15, 0.2) is 0 Å². The van der Waals surface area contributed by atoms with Crippen molar-refractivity contribution in [1.29, 1.82) is 0 Å². The van der Waals surface area contributed by atoms with Gasteiger partial charge in [0.25, 0.3) is 5.91 Å². The van der Waals surface area contributed by atoms with Crippen molar-refractivity contribution < 1.29 is 13.2 Å². The van der Waals surface area contributed by atoms with Crippen LogP contribution in [0, 0.1) is 0 Å². The Balaban J connectivity index is 1.90. The van der Waals surface area contributed by atoms with Gasteiger partial charge in [-0.15, -0.1) is 0 Å². The minimum atomic E-state index is -3.61. The van der Waals surface area contributed by atoms with E-state index in [4.69, 9.17) is 0 Å². The third kappa shape index (κ3) is 2.30. The average Bonchev–Trinajstić information content (AvgIpc) is 3.16. The first-order valence-corrected chi connectivity index (χ1v) is 9.91. The van der Waals surface area contributed by atoms with Gasteiger partial charge in [0.2, 0.25) is 10.0 Å². The molecule has 2 aromatic rings. The van der Waals surface area contributed by atoms with Gasteiger partial charge in [0.1, 0.15) is 0 Å². The third-order valence-corrected chi connectivity index (χ3v) is 7.23. The minimum absolute atomic E-state index is 0.0256. The Hall–Kier alpha value is -1.96. The molecule has 1 amide bonds. The highest BCUT2D eigenvalue weighted by atomic mass is 32.2. The first kappa shape index (κ1) is 16.5. The predicted octanol–water partition coefficient (Wildman–Crippen LogP) is 1.80. The summed E-state index contributed by atoms with van der Waals surface area (Å²) in [6, 6.07) is 8.67. The van der Waals surface area contributed by atoms with E-state index in [-0.39, 0.29) is 11.9 Å². The van der Waals surface area contributed by atoms with Gasteiger partial charge in [-0.1, -0.05) is 12.1 Å². The zero-order valence-corrected chi connectivity index (χ0v) is 15.1. The normalized spacial score (nSPS) is 20.8. The summed E-state index contributed by atoms with van der Waals surface area (Å²) in [5.41, 5.74) is 1.34. The molecule has 7 heteroatoms. The van der Waals surface area contributed by atoms with E-state index in [2.05, 4.69) is 5.32 Å². The molecule has 25 heavy (non-hydrogen) atoms. The molecule has 0 saturated carbocycles. The second-order valence-corrected chi connectivity index (χ2v) is 8.50. The summed E-state index contributed by atoms with van der Waals surface area (Å²) in [7, 11) is -0.0601. The number of carbonyl (C=O) groups excluding carboxylic acids is 1. The standard InChI is InChI=1S/C18H21N3O3S/c1-19-11-12-5-4-10-21(12)25(23,24)16-9-8-15-17-13(16)6-3-7-14(17)18(22)20(15)2/h3,6-9,12,19H,4-5,10-11H2,1-2H3. The molecule has 1 N–H and O–H groups in total. The fourth-order valence-corrected chi connectivity index (χ4v) is 5.91. The number of nitrogens with zero attached hydrogens (tertiary/aromatic N) is 2. The molecule has 4 rings (SSSR count). The lowest BCUT2D eigenvalue weighted by Crippen LogP contribution is -2.40. The van der Waals surface area contributed by atoms with Crippen LogP contribution in [0.25, 0.3) is 10.8 Å². The van der Waals surface area contributed by atoms with Gasteiger partial charge in [0.05, 0.1) is 10.6 Å². The zero-order chi connectivity index (χ0) is 17.8. The van der Waals surface area contributed by atoms with Crippen LogP contribution < -0.4 is 10.2 Å². The summed E-state index contributed by atoms with van der Waals surface area (Å²) in [6.07, 6.45) is 1.73. The molecular weight excluding hydrogens is 338 g/mol. The Kier molecular flexibility index (Phi) is 3.82. The van der Waals surface area contributed by atoms with Crippen LogP contribution >= 0.6 is 0 Å². The number of carbonyl (C=O) groups is 1. The average molecular weight is 359 g/mol. The number of anilines is 1. The maximum atomic E-state index is 13.3. The first-order valence-electron chi connectivity index (χ1n) is 8.47. The molecule has 2 heterocycles. The van der Waals surface area contributed by atoms with Gasteiger partial charge < -0.3 is 10.2 Å². The Labute approximate surface area is 147 Å². The molecule has 0 spiro atoms. The highest BCUT2D eigenvalue weighted by Gasteiger charge is 2.37. The largest absolute Gasteiger partial charge is 0.318 e. The van der Waals surface area contributed by atoms with Crippen molar-refractivity contribution >= 4 is 32.4 Å². The molecule has 132 valence electrons. The number of hydrogen-bond donors (Lipinski definition) is 1. The maximum absolute atomic E-state index is 13.3. The van der Waals surface area contributed by atoms with Crippen molar-refractivity contribution in [2.45, 2.75) is 23.8 Å². The number of nitrogens with one attached hydrogen (secondary N) is 1. The van der Waals surface area contributed by atoms with E-state index in [1.165, 1.54) is 0 Å². The molecule has 6 nitrogen and oxygen atoms in total. The third-order valence-electron chi connectivity index (χ3n) is 5.22. The second kappa shape index (κ2) is 5.79. The van der Waals surface area contributed by atoms with E-state index in [1.807, 2.05) is 7.05 Å². The number of likely N-dealkylation sites (N-methyl/N-ethyl adjacent to an activating group) is 1. The quantitative estimate of drug-likeness (QED) is 0.904. The summed E-state index contributed by atoms with van der Waals surface area (Å²) >= 11 is 0. The highest BCUT2D eigenvalue weighted by Crippen LogP contribution is 2.40. The van der Waals surface area contributed by atoms with Gasteiger partial charge in [0, 0.05) is 42.5 Å². The first-order chi connectivity index (χ1) is 12.0. The second-order valence-electron chi connectivity index (χ2n) is 6.64. The topological polar surface area (TPSA) is 69.7 Å². The number of hydrogen-bond acceptors (Lipinski definition) is 4. The van der Waals surface area contributed by atoms with Crippen LogP contribution in [0.3, 0.4) is 0 Å². The summed E-state index contributed by atoms with van der Waals surface area (Å²) in [4.78, 5) is 14.3. The lowest BCUT2D eigenvalue weighted by molar-refractivity contribution is 0.0999. The summed E-state index contributed by atoms with van der Waals surface area (Å²) in [5, 5.41) is 4.45. The minimum Gasteiger partial charge on any atom is -0.318 e. The highest BCUT2D eigenvalue weighted by molar-refractivity contribution is 7.89. The summed E-state index contributed by atoms with van der Waals surface area (Å²) < 4.78 is 28.3. The Morgan fingerprint density at radius 2 is 2.04 bits per heavy atom. The molecule has 1 unspecified atom stereocenters. The zero-order valence-electron chi connectivity index (χ0n) is 14.3. The maximum Gasteiger partial charge on any atom is 0.258 e. The van der Waals surface area contributed by atoms with E-state index in [1.54, 1.807) is 46.6 Å². The molecule has 1 atom stereocenters. The molecule has 0 aliphatic carbocycles. The molecule has 2 aliphatic rings. The molecular formula is C18H21N3O3S. The van der Waals surface area contributed by atoms with Gasteiger partial charge in [-0.2, -0.15) is 4.31 Å². The fraction of sp³-hybridized carbons (Fsp3) is 0.389. The Morgan fingerprint density at radius 3 is 2.80 bits per heavy atom. The molecule has 2 aromatic carbocycles. The van der Waals surface area contributed by atoms with Gasteiger partial charge >= 0.3 is 0 Å². The van der Waals surface area contributed by atoms with Crippen molar-refractivity contribution in [2.75, 3.05) is 32.1 Å². The van der Waals surface area contributed by atoms with Crippen LogP contribution in [0.5, 0.6) is 0 Å². The van der Waals surface area contributed by atoms with Crippen molar-refractivity contribution in [2.24, 2.45) is 0 Å². The van der Waals surface area contributed by atoms with Gasteiger partial charge in [-0.25, -0.2) is 8.42 Å². The molecule has 0 aromatic heterocycles. The van der Waals surface area contributed by atoms with E-state index in [0.717, 1.165) is 23.9 Å². The van der Waals surface area contributed by atoms with E-state index < -0.39 is 10.0 Å². The number of sulfonamides is 1. The molecule has 0 bridgehead atoms. The van der Waals surface area contributed by atoms with E-state index in [0.29, 0.717) is 28.9 Å². The molecule has 1 fully saturated rings. The van der Waals surface area contributed by atoms with Crippen LogP contribution in [-0.2, 0) is 10.0 Å². The van der Waals surface area contributed by atoms with Crippen molar-refractivity contribution in [3.8, 4) is 0 Å². The van der Waals surface area contributed by atoms with E-state index in [9.17, 15) is 13.2 Å². The molecule has 1 saturated heterocycles. The van der Waals surface area contributed by atoms with Crippen LogP contribution in [0.2, 0.25) is 0 Å². The summed E-state index contributed by atoms with van der Waals surface area (Å²) in [5.74, 6) is -0.0932. The number of benzene rings is 2. The molecule has 2 aliphatic heterocycles. The lowest BCUT2D eigenvalue weighted by Gasteiger charge is -2.24. The lowest BCUT2D eigenvalue weighted by atomic mass is 10.1. The fourth-order valence-electron chi connectivity index (χ4n) is 4.03. The van der Waals surface area contributed by atoms with Crippen LogP contribution in [0.4, 0.5) is 5.69 Å². The van der Waals surface area contributed by atoms with Crippen LogP contribution in [0.15, 0.2) is 35.2 Å². The van der Waals surface area contributed by atoms with Crippen LogP contribution in [-0.4, -0.2) is 51.9 Å². The SMILES string of the molecule is CNCC1CCCN1S(=O)(=O)c1ccc2c3c(cccc13)C(=O)N2C. The van der Waals surface area contributed by atoms with Crippen LogP contribution in [0.1, 0.15) is 23.2 Å². The van der Waals surface area contributed by atoms with Crippen molar-refractivity contribution in [1.82, 2.24) is 9.62 Å². The Bertz CT molecular complexity index is 971. The number of rotatable bonds is 4. The monoisotopic (exact) mass is 359 g/mol. The number of amides is 1. The van der Waals surface area contributed by atoms with E-state index >= 15 is 0 Å². The summed E-state index contributed by atoms with van der Waals surface area (Å²) in [6.45, 7) is 1.18. The molecule has 0 radical (unpaired) electrons. The predicted molar refractivity (Wildman–Crippen MR) is 97.5 cm³/mol. The van der Waals surface area contributed by atoms with Gasteiger partial charge in [-0.05, 0) is 38.1 Å². The van der Waals surface area contributed by atoms with Gasteiger partial charge in [-0.3, -0.25) is 4.79 Å². The van der Waals surface area contributed by atoms with Crippen molar-refractivity contribution in [3.63, 3.8) is 0 Å². The smallest absolute Gasteiger partial charge is 0.258 e.